The van der Waals surface area contributed by atoms with Crippen molar-refractivity contribution < 1.29 is 21.9 Å². The summed E-state index contributed by atoms with van der Waals surface area (Å²) in [6.07, 6.45) is 3.32. The van der Waals surface area contributed by atoms with Crippen molar-refractivity contribution in [2.24, 2.45) is 10.9 Å². The number of guanidine groups is 1. The Hall–Kier alpha value is -1.21. The van der Waals surface area contributed by atoms with Gasteiger partial charge in [0.1, 0.15) is 5.75 Å². The molecule has 1 aliphatic rings. The lowest BCUT2D eigenvalue weighted by Crippen LogP contribution is -2.41. The molecule has 0 amide bonds. The second-order valence-electron chi connectivity index (χ2n) is 6.30. The van der Waals surface area contributed by atoms with Crippen molar-refractivity contribution >= 4 is 40.0 Å². The molecule has 1 aliphatic carbocycles. The maximum absolute atomic E-state index is 12.4. The number of nitrogens with zero attached hydrogens (tertiary/aromatic N) is 1. The summed E-state index contributed by atoms with van der Waals surface area (Å²) in [5.74, 6) is 0.831. The zero-order chi connectivity index (χ0) is 19.7. The van der Waals surface area contributed by atoms with E-state index in [0.29, 0.717) is 24.0 Å². The highest BCUT2D eigenvalue weighted by Crippen LogP contribution is 2.25. The third-order valence-electron chi connectivity index (χ3n) is 4.34. The molecule has 160 valence electrons. The van der Waals surface area contributed by atoms with Crippen molar-refractivity contribution in [3.63, 3.8) is 0 Å². The Labute approximate surface area is 181 Å². The zero-order valence-electron chi connectivity index (χ0n) is 15.7. The average molecular weight is 532 g/mol. The topological polar surface area (TPSA) is 91.8 Å². The van der Waals surface area contributed by atoms with Crippen LogP contribution in [0.5, 0.6) is 5.75 Å². The van der Waals surface area contributed by atoms with Crippen LogP contribution in [-0.2, 0) is 16.6 Å². The van der Waals surface area contributed by atoms with Crippen molar-refractivity contribution in [3.05, 3.63) is 29.8 Å². The van der Waals surface area contributed by atoms with Gasteiger partial charge in [0.15, 0.2) is 5.96 Å². The molecule has 2 rings (SSSR count). The van der Waals surface area contributed by atoms with Gasteiger partial charge < -0.3 is 15.4 Å². The predicted molar refractivity (Wildman–Crippen MR) is 116 cm³/mol. The molecule has 0 aliphatic heterocycles. The molecule has 0 bridgehead atoms. The maximum Gasteiger partial charge on any atom is 0.387 e. The van der Waals surface area contributed by atoms with Crippen LogP contribution in [-0.4, -0.2) is 46.9 Å². The lowest BCUT2D eigenvalue weighted by atomic mass is 9.86. The minimum atomic E-state index is -3.34. The Balaban J connectivity index is 0.00000392. The molecule has 1 aromatic carbocycles. The molecular weight excluding hydrogens is 505 g/mol. The van der Waals surface area contributed by atoms with Crippen LogP contribution in [0.3, 0.4) is 0 Å². The molecular formula is C17H27F2IN4O3S. The Morgan fingerprint density at radius 1 is 1.29 bits per heavy atom. The minimum Gasteiger partial charge on any atom is -0.434 e. The maximum atomic E-state index is 12.4. The monoisotopic (exact) mass is 532 g/mol. The van der Waals surface area contributed by atoms with Gasteiger partial charge >= 0.3 is 6.61 Å². The van der Waals surface area contributed by atoms with Gasteiger partial charge in [-0.25, -0.2) is 13.1 Å². The van der Waals surface area contributed by atoms with Gasteiger partial charge in [-0.15, -0.1) is 24.0 Å². The summed E-state index contributed by atoms with van der Waals surface area (Å²) in [6.45, 7) is -2.03. The van der Waals surface area contributed by atoms with Crippen molar-refractivity contribution in [1.82, 2.24) is 15.4 Å². The molecule has 3 N–H and O–H groups in total. The predicted octanol–water partition coefficient (Wildman–Crippen LogP) is 2.29. The molecule has 28 heavy (non-hydrogen) atoms. The Kier molecular flexibility index (Phi) is 11.0. The van der Waals surface area contributed by atoms with Gasteiger partial charge in [0, 0.05) is 32.2 Å². The molecule has 1 fully saturated rings. The lowest BCUT2D eigenvalue weighted by molar-refractivity contribution is -0.0504. The fourth-order valence-corrected chi connectivity index (χ4v) is 3.58. The van der Waals surface area contributed by atoms with Crippen LogP contribution in [0.25, 0.3) is 0 Å². The summed E-state index contributed by atoms with van der Waals surface area (Å²) in [5.41, 5.74) is 0.538. The number of rotatable bonds is 10. The van der Waals surface area contributed by atoms with Crippen LogP contribution in [0.1, 0.15) is 24.8 Å². The van der Waals surface area contributed by atoms with E-state index in [2.05, 4.69) is 25.1 Å². The Morgan fingerprint density at radius 3 is 2.61 bits per heavy atom. The number of benzene rings is 1. The first kappa shape index (κ1) is 24.8. The molecule has 7 nitrogen and oxygen atoms in total. The highest BCUT2D eigenvalue weighted by Gasteiger charge is 2.20. The molecule has 0 aromatic heterocycles. The SMILES string of the molecule is CN=C(NCCS(=O)(=O)NCC1CCC1)NCc1ccccc1OC(F)F.I. The first-order valence-electron chi connectivity index (χ1n) is 8.84. The van der Waals surface area contributed by atoms with Gasteiger partial charge in [0.05, 0.1) is 5.75 Å². The lowest BCUT2D eigenvalue weighted by Gasteiger charge is -2.25. The van der Waals surface area contributed by atoms with Crippen LogP contribution >= 0.6 is 24.0 Å². The summed E-state index contributed by atoms with van der Waals surface area (Å²) in [4.78, 5) is 4.00. The van der Waals surface area contributed by atoms with Gasteiger partial charge in [-0.2, -0.15) is 8.78 Å². The Morgan fingerprint density at radius 2 is 2.00 bits per heavy atom. The van der Waals surface area contributed by atoms with E-state index >= 15 is 0 Å². The number of halogens is 3. The molecule has 0 radical (unpaired) electrons. The van der Waals surface area contributed by atoms with E-state index in [4.69, 9.17) is 0 Å². The molecule has 0 heterocycles. The number of alkyl halides is 2. The highest BCUT2D eigenvalue weighted by molar-refractivity contribution is 14.0. The number of ether oxygens (including phenoxy) is 1. The second-order valence-corrected chi connectivity index (χ2v) is 8.23. The van der Waals surface area contributed by atoms with Gasteiger partial charge in [0.25, 0.3) is 0 Å². The van der Waals surface area contributed by atoms with Crippen LogP contribution in [0.15, 0.2) is 29.3 Å². The summed E-state index contributed by atoms with van der Waals surface area (Å²) in [7, 11) is -1.80. The molecule has 0 unspecified atom stereocenters. The van der Waals surface area contributed by atoms with Gasteiger partial charge in [-0.3, -0.25) is 4.99 Å². The van der Waals surface area contributed by atoms with E-state index in [1.807, 2.05) is 0 Å². The zero-order valence-corrected chi connectivity index (χ0v) is 18.8. The number of hydrogen-bond donors (Lipinski definition) is 3. The van der Waals surface area contributed by atoms with Crippen LogP contribution in [0, 0.1) is 5.92 Å². The average Bonchev–Trinajstić information content (AvgIpc) is 2.57. The summed E-state index contributed by atoms with van der Waals surface area (Å²) < 4.78 is 55.9. The van der Waals surface area contributed by atoms with Crippen molar-refractivity contribution in [2.75, 3.05) is 25.9 Å². The number of sulfonamides is 1. The van der Waals surface area contributed by atoms with Crippen LogP contribution in [0.2, 0.25) is 0 Å². The molecule has 11 heteroatoms. The van der Waals surface area contributed by atoms with E-state index in [0.717, 1.165) is 12.8 Å². The Bertz CT molecular complexity index is 731. The largest absolute Gasteiger partial charge is 0.434 e. The molecule has 1 aromatic rings. The smallest absolute Gasteiger partial charge is 0.387 e. The van der Waals surface area contributed by atoms with E-state index in [9.17, 15) is 17.2 Å². The first-order chi connectivity index (χ1) is 12.9. The van der Waals surface area contributed by atoms with E-state index in [1.165, 1.54) is 12.5 Å². The van der Waals surface area contributed by atoms with E-state index < -0.39 is 16.6 Å². The summed E-state index contributed by atoms with van der Waals surface area (Å²) >= 11 is 0. The molecule has 0 spiro atoms. The molecule has 0 saturated heterocycles. The standard InChI is InChI=1S/C17H26F2N4O3S.HI/c1-20-17(21-9-10-27(24,25)23-11-13-5-4-6-13)22-12-14-7-2-3-8-15(14)26-16(18)19;/h2-3,7-8,13,16,23H,4-6,9-12H2,1H3,(H2,20,21,22);1H. The van der Waals surface area contributed by atoms with Crippen molar-refractivity contribution in [2.45, 2.75) is 32.4 Å². The summed E-state index contributed by atoms with van der Waals surface area (Å²) in [5, 5.41) is 5.86. The number of hydrogen-bond acceptors (Lipinski definition) is 4. The van der Waals surface area contributed by atoms with E-state index in [1.54, 1.807) is 25.2 Å². The first-order valence-corrected chi connectivity index (χ1v) is 10.5. The normalized spacial score (nSPS) is 14.9. The highest BCUT2D eigenvalue weighted by atomic mass is 127. The number of aliphatic imine (C=N–C) groups is 1. The fraction of sp³-hybridized carbons (Fsp3) is 0.588. The second kappa shape index (κ2) is 12.4. The van der Waals surface area contributed by atoms with Gasteiger partial charge in [-0.05, 0) is 24.8 Å². The van der Waals surface area contributed by atoms with Gasteiger partial charge in [-0.1, -0.05) is 24.6 Å². The quantitative estimate of drug-likeness (QED) is 0.245. The molecule has 0 atom stereocenters. The van der Waals surface area contributed by atoms with Crippen molar-refractivity contribution in [3.8, 4) is 5.75 Å². The minimum absolute atomic E-state index is 0. The molecule has 1 saturated carbocycles. The third kappa shape index (κ3) is 8.86. The summed E-state index contributed by atoms with van der Waals surface area (Å²) in [6, 6.07) is 6.44. The third-order valence-corrected chi connectivity index (χ3v) is 5.69. The van der Waals surface area contributed by atoms with Crippen LogP contribution in [0.4, 0.5) is 8.78 Å². The van der Waals surface area contributed by atoms with Crippen LogP contribution < -0.4 is 20.1 Å². The van der Waals surface area contributed by atoms with E-state index in [-0.39, 0.29) is 48.6 Å². The fourth-order valence-electron chi connectivity index (χ4n) is 2.58. The van der Waals surface area contributed by atoms with Crippen molar-refractivity contribution in [1.29, 1.82) is 0 Å². The van der Waals surface area contributed by atoms with Gasteiger partial charge in [0.2, 0.25) is 10.0 Å². The number of nitrogens with one attached hydrogen (secondary N) is 3. The number of para-hydroxylation sites is 1.